The van der Waals surface area contributed by atoms with Crippen LogP contribution in [0.25, 0.3) is 0 Å². The maximum Gasteiger partial charge on any atom is 0.175 e. The van der Waals surface area contributed by atoms with Crippen LogP contribution in [0, 0.1) is 0 Å². The van der Waals surface area contributed by atoms with E-state index in [4.69, 9.17) is 0 Å². The van der Waals surface area contributed by atoms with E-state index in [1.807, 2.05) is 18.9 Å². The van der Waals surface area contributed by atoms with E-state index in [0.717, 1.165) is 17.8 Å². The molecule has 0 aliphatic heterocycles. The summed E-state index contributed by atoms with van der Waals surface area (Å²) in [6.07, 6.45) is 1.21. The smallest absolute Gasteiger partial charge is 0.175 e. The third kappa shape index (κ3) is 3.38. The maximum absolute atomic E-state index is 11.3. The van der Waals surface area contributed by atoms with Crippen LogP contribution in [0.3, 0.4) is 0 Å². The number of benzene rings is 1. The lowest BCUT2D eigenvalue weighted by molar-refractivity contribution is 0.602. The second kappa shape index (κ2) is 4.70. The summed E-state index contributed by atoms with van der Waals surface area (Å²) in [7, 11) is -1.16. The van der Waals surface area contributed by atoms with Crippen molar-refractivity contribution in [1.82, 2.24) is 0 Å². The van der Waals surface area contributed by atoms with Crippen LogP contribution in [0.2, 0.25) is 0 Å². The van der Waals surface area contributed by atoms with Crippen LogP contribution in [-0.2, 0) is 9.84 Å². The number of hydrogen-bond donors (Lipinski definition) is 0. The Hall–Kier alpha value is -1.29. The lowest BCUT2D eigenvalue weighted by Crippen LogP contribution is -2.18. The normalized spacial score (nSPS) is 11.2. The summed E-state index contributed by atoms with van der Waals surface area (Å²) in [5.74, 6) is 0. The van der Waals surface area contributed by atoms with Gasteiger partial charge in [0.2, 0.25) is 0 Å². The Morgan fingerprint density at radius 3 is 2.19 bits per heavy atom. The zero-order chi connectivity index (χ0) is 12.3. The molecule has 0 radical (unpaired) electrons. The Morgan fingerprint density at radius 1 is 1.31 bits per heavy atom. The number of nitrogens with zero attached hydrogens (tertiary/aromatic N) is 1. The first kappa shape index (κ1) is 12.8. The SMILES string of the molecule is C=C(C)CN(C)c1ccc(S(C)(=O)=O)cc1. The first-order chi connectivity index (χ1) is 7.30. The quantitative estimate of drug-likeness (QED) is 0.755. The van der Waals surface area contributed by atoms with Crippen LogP contribution in [0.1, 0.15) is 6.92 Å². The summed E-state index contributed by atoms with van der Waals surface area (Å²) < 4.78 is 22.5. The summed E-state index contributed by atoms with van der Waals surface area (Å²) in [5.41, 5.74) is 2.05. The van der Waals surface area contributed by atoms with E-state index in [2.05, 4.69) is 6.58 Å². The van der Waals surface area contributed by atoms with Crippen molar-refractivity contribution in [3.05, 3.63) is 36.4 Å². The lowest BCUT2D eigenvalue weighted by Gasteiger charge is -2.19. The van der Waals surface area contributed by atoms with Crippen molar-refractivity contribution < 1.29 is 8.42 Å². The van der Waals surface area contributed by atoms with Gasteiger partial charge >= 0.3 is 0 Å². The fraction of sp³-hybridized carbons (Fsp3) is 0.333. The molecule has 16 heavy (non-hydrogen) atoms. The number of sulfone groups is 1. The van der Waals surface area contributed by atoms with E-state index in [1.165, 1.54) is 6.26 Å². The predicted octanol–water partition coefficient (Wildman–Crippen LogP) is 2.10. The molecule has 1 rings (SSSR count). The molecule has 0 fully saturated rings. The molecule has 0 aromatic heterocycles. The van der Waals surface area contributed by atoms with Crippen LogP contribution >= 0.6 is 0 Å². The van der Waals surface area contributed by atoms with Gasteiger partial charge in [-0.25, -0.2) is 8.42 Å². The molecule has 0 unspecified atom stereocenters. The second-order valence-corrected chi connectivity index (χ2v) is 6.09. The lowest BCUT2D eigenvalue weighted by atomic mass is 10.2. The average molecular weight is 239 g/mol. The number of anilines is 1. The third-order valence-corrected chi connectivity index (χ3v) is 3.34. The van der Waals surface area contributed by atoms with Gasteiger partial charge < -0.3 is 4.90 Å². The van der Waals surface area contributed by atoms with Crippen molar-refractivity contribution in [2.45, 2.75) is 11.8 Å². The van der Waals surface area contributed by atoms with Gasteiger partial charge in [-0.1, -0.05) is 12.2 Å². The van der Waals surface area contributed by atoms with Crippen molar-refractivity contribution >= 4 is 15.5 Å². The van der Waals surface area contributed by atoms with E-state index in [9.17, 15) is 8.42 Å². The molecule has 3 nitrogen and oxygen atoms in total. The van der Waals surface area contributed by atoms with E-state index < -0.39 is 9.84 Å². The highest BCUT2D eigenvalue weighted by atomic mass is 32.2. The fourth-order valence-corrected chi connectivity index (χ4v) is 2.07. The number of rotatable bonds is 4. The predicted molar refractivity (Wildman–Crippen MR) is 67.6 cm³/mol. The molecule has 88 valence electrons. The Kier molecular flexibility index (Phi) is 3.75. The van der Waals surface area contributed by atoms with E-state index in [0.29, 0.717) is 4.90 Å². The minimum Gasteiger partial charge on any atom is -0.371 e. The van der Waals surface area contributed by atoms with Crippen LogP contribution in [0.4, 0.5) is 5.69 Å². The van der Waals surface area contributed by atoms with E-state index >= 15 is 0 Å². The molecule has 0 spiro atoms. The minimum absolute atomic E-state index is 0.347. The Bertz CT molecular complexity index is 474. The van der Waals surface area contributed by atoms with Crippen LogP contribution in [-0.4, -0.2) is 28.3 Å². The zero-order valence-electron chi connectivity index (χ0n) is 9.90. The van der Waals surface area contributed by atoms with Crippen molar-refractivity contribution in [2.24, 2.45) is 0 Å². The van der Waals surface area contributed by atoms with Crippen molar-refractivity contribution in [1.29, 1.82) is 0 Å². The molecule has 0 aliphatic rings. The molecule has 0 aliphatic carbocycles. The van der Waals surface area contributed by atoms with Crippen LogP contribution < -0.4 is 4.90 Å². The zero-order valence-corrected chi connectivity index (χ0v) is 10.7. The highest BCUT2D eigenvalue weighted by molar-refractivity contribution is 7.90. The number of hydrogen-bond acceptors (Lipinski definition) is 3. The Morgan fingerprint density at radius 2 is 1.81 bits per heavy atom. The molecular formula is C12H17NO2S. The van der Waals surface area contributed by atoms with Gasteiger partial charge in [0.15, 0.2) is 9.84 Å². The first-order valence-corrected chi connectivity index (χ1v) is 6.85. The van der Waals surface area contributed by atoms with Gasteiger partial charge in [0, 0.05) is 25.5 Å². The summed E-state index contributed by atoms with van der Waals surface area (Å²) in [6.45, 7) is 6.56. The molecule has 0 saturated heterocycles. The molecule has 0 saturated carbocycles. The first-order valence-electron chi connectivity index (χ1n) is 4.96. The Labute approximate surface area is 97.3 Å². The summed E-state index contributed by atoms with van der Waals surface area (Å²) in [4.78, 5) is 2.37. The molecule has 4 heteroatoms. The molecule has 1 aromatic carbocycles. The fourth-order valence-electron chi connectivity index (χ4n) is 1.44. The maximum atomic E-state index is 11.3. The average Bonchev–Trinajstić information content (AvgIpc) is 2.15. The molecule has 0 bridgehead atoms. The van der Waals surface area contributed by atoms with Crippen molar-refractivity contribution in [3.8, 4) is 0 Å². The molecular weight excluding hydrogens is 222 g/mol. The summed E-state index contributed by atoms with van der Waals surface area (Å²) in [5, 5.41) is 0. The summed E-state index contributed by atoms with van der Waals surface area (Å²) >= 11 is 0. The van der Waals surface area contributed by atoms with Crippen LogP contribution in [0.5, 0.6) is 0 Å². The monoisotopic (exact) mass is 239 g/mol. The van der Waals surface area contributed by atoms with Crippen LogP contribution in [0.15, 0.2) is 41.3 Å². The molecule has 0 N–H and O–H groups in total. The second-order valence-electron chi connectivity index (χ2n) is 4.08. The standard InChI is InChI=1S/C12H17NO2S/c1-10(2)9-13(3)11-5-7-12(8-6-11)16(4,14)15/h5-8H,1,9H2,2-4H3. The molecule has 0 atom stereocenters. The highest BCUT2D eigenvalue weighted by Crippen LogP contribution is 2.17. The van der Waals surface area contributed by atoms with Gasteiger partial charge in [-0.3, -0.25) is 0 Å². The summed E-state index contributed by atoms with van der Waals surface area (Å²) in [6, 6.07) is 6.86. The largest absolute Gasteiger partial charge is 0.371 e. The topological polar surface area (TPSA) is 37.4 Å². The minimum atomic E-state index is -3.10. The molecule has 0 amide bonds. The van der Waals surface area contributed by atoms with Crippen molar-refractivity contribution in [3.63, 3.8) is 0 Å². The third-order valence-electron chi connectivity index (χ3n) is 2.21. The van der Waals surface area contributed by atoms with E-state index in [-0.39, 0.29) is 0 Å². The van der Waals surface area contributed by atoms with E-state index in [1.54, 1.807) is 24.3 Å². The van der Waals surface area contributed by atoms with Gasteiger partial charge in [-0.2, -0.15) is 0 Å². The van der Waals surface area contributed by atoms with Crippen molar-refractivity contribution in [2.75, 3.05) is 24.7 Å². The van der Waals surface area contributed by atoms with Gasteiger partial charge in [-0.05, 0) is 31.2 Å². The van der Waals surface area contributed by atoms with Gasteiger partial charge in [0.1, 0.15) is 0 Å². The molecule has 0 heterocycles. The Balaban J connectivity index is 2.91. The highest BCUT2D eigenvalue weighted by Gasteiger charge is 2.07. The van der Waals surface area contributed by atoms with Gasteiger partial charge in [0.05, 0.1) is 4.90 Å². The van der Waals surface area contributed by atoms with Gasteiger partial charge in [0.25, 0.3) is 0 Å². The number of likely N-dealkylation sites (N-methyl/N-ethyl adjacent to an activating group) is 1. The molecule has 1 aromatic rings. The van der Waals surface area contributed by atoms with Gasteiger partial charge in [-0.15, -0.1) is 0 Å².